The average molecular weight is 893 g/mol. The molecule has 0 rings (SSSR count). The molecule has 1 atom stereocenters. The van der Waals surface area contributed by atoms with E-state index in [1.54, 1.807) is 0 Å². The van der Waals surface area contributed by atoms with Crippen molar-refractivity contribution >= 4 is 17.9 Å². The van der Waals surface area contributed by atoms with Crippen LogP contribution in [0.3, 0.4) is 0 Å². The quantitative estimate of drug-likeness (QED) is 0.0200. The molecule has 0 saturated heterocycles. The Labute approximate surface area is 397 Å². The topological polar surface area (TPSA) is 78.9 Å². The molecule has 0 aromatic heterocycles. The van der Waals surface area contributed by atoms with Crippen LogP contribution < -0.4 is 0 Å². The Morgan fingerprint density at radius 2 is 0.646 bits per heavy atom. The molecule has 6 nitrogen and oxygen atoms in total. The summed E-state index contributed by atoms with van der Waals surface area (Å²) in [6, 6.07) is 0. The zero-order valence-corrected chi connectivity index (χ0v) is 40.9. The molecule has 0 aliphatic heterocycles. The predicted octanol–water partition coefficient (Wildman–Crippen LogP) is 16.6. The van der Waals surface area contributed by atoms with Crippen molar-refractivity contribution in [3.05, 3.63) is 158 Å². The van der Waals surface area contributed by atoms with E-state index in [-0.39, 0.29) is 38.0 Å². The molecule has 0 heterocycles. The summed E-state index contributed by atoms with van der Waals surface area (Å²) in [6.45, 7) is 6.12. The van der Waals surface area contributed by atoms with E-state index in [0.717, 1.165) is 122 Å². The van der Waals surface area contributed by atoms with E-state index in [0.29, 0.717) is 19.3 Å². The van der Waals surface area contributed by atoms with E-state index < -0.39 is 12.1 Å². The molecule has 65 heavy (non-hydrogen) atoms. The first-order valence-electron chi connectivity index (χ1n) is 25.0. The number of carbonyl (C=O) groups excluding carboxylic acids is 3. The predicted molar refractivity (Wildman–Crippen MR) is 278 cm³/mol. The van der Waals surface area contributed by atoms with Gasteiger partial charge in [0.1, 0.15) is 13.2 Å². The second kappa shape index (κ2) is 51.7. The van der Waals surface area contributed by atoms with Gasteiger partial charge in [-0.25, -0.2) is 0 Å². The third kappa shape index (κ3) is 49.9. The third-order valence-electron chi connectivity index (χ3n) is 9.57. The van der Waals surface area contributed by atoms with Crippen molar-refractivity contribution in [2.45, 2.75) is 181 Å². The Morgan fingerprint density at radius 1 is 0.323 bits per heavy atom. The Balaban J connectivity index is 4.64. The minimum absolute atomic E-state index is 0.137. The summed E-state index contributed by atoms with van der Waals surface area (Å²) >= 11 is 0. The van der Waals surface area contributed by atoms with Crippen molar-refractivity contribution in [2.75, 3.05) is 13.2 Å². The normalized spacial score (nSPS) is 13.5. The van der Waals surface area contributed by atoms with Gasteiger partial charge in [0.25, 0.3) is 0 Å². The van der Waals surface area contributed by atoms with Crippen molar-refractivity contribution < 1.29 is 28.6 Å². The first-order valence-corrected chi connectivity index (χ1v) is 25.0. The van der Waals surface area contributed by atoms with Gasteiger partial charge in [0.15, 0.2) is 6.10 Å². The molecule has 0 fully saturated rings. The molecule has 0 aliphatic rings. The SMILES string of the molecule is CC\C=C/C=C\C=C/CCCCCCCC(=O)OCC(COC(=O)CCC/C=C\C/C=C\C/C=C\C/C=C\C/C=C\CC)OC(=O)CCC/C=C\C/C=C\C/C=C\C/C=C\C/C=C\CC. The Hall–Kier alpha value is -4.97. The molecule has 360 valence electrons. The van der Waals surface area contributed by atoms with Crippen molar-refractivity contribution in [1.29, 1.82) is 0 Å². The fraction of sp³-hybridized carbons (Fsp3) is 0.508. The molecule has 0 aliphatic carbocycles. The van der Waals surface area contributed by atoms with Gasteiger partial charge in [-0.3, -0.25) is 14.4 Å². The van der Waals surface area contributed by atoms with Crippen LogP contribution in [0.15, 0.2) is 158 Å². The van der Waals surface area contributed by atoms with Crippen LogP contribution >= 0.6 is 0 Å². The first kappa shape index (κ1) is 60.0. The van der Waals surface area contributed by atoms with Crippen LogP contribution in [0, 0.1) is 0 Å². The maximum atomic E-state index is 12.8. The maximum Gasteiger partial charge on any atom is 0.306 e. The van der Waals surface area contributed by atoms with E-state index in [4.69, 9.17) is 14.2 Å². The Bertz CT molecular complexity index is 1540. The molecule has 0 saturated carbocycles. The summed E-state index contributed by atoms with van der Waals surface area (Å²) in [5, 5.41) is 0. The standard InChI is InChI=1S/C59H88O6/c1-4-7-10-13-16-19-22-25-27-29-31-34-37-40-43-46-49-52-58(61)64-55-56(54-63-57(60)51-48-45-42-39-36-33-24-21-18-15-12-9-6-3)65-59(62)53-50-47-44-41-38-35-32-30-28-26-23-20-17-14-11-8-5-2/h7-12,15-21,24-28,31-32,34-35,40-41,43-44,56H,4-6,13-14,22-23,29-30,33,36-39,42,45-55H2,1-3H3/b10-7-,11-8-,12-9-,18-15-,19-16-,20-17-,24-21-,27-25-,28-26-,34-31-,35-32-,43-40-,44-41-. The molecule has 0 bridgehead atoms. The number of esters is 3. The summed E-state index contributed by atoms with van der Waals surface area (Å²) < 4.78 is 16.7. The maximum absolute atomic E-state index is 12.8. The van der Waals surface area contributed by atoms with Crippen LogP contribution in [-0.2, 0) is 28.6 Å². The Kier molecular flexibility index (Phi) is 47.7. The highest BCUT2D eigenvalue weighted by molar-refractivity contribution is 5.71. The fourth-order valence-electron chi connectivity index (χ4n) is 5.92. The second-order valence-corrected chi connectivity index (χ2v) is 15.6. The summed E-state index contributed by atoms with van der Waals surface area (Å²) in [5.74, 6) is -1.09. The summed E-state index contributed by atoms with van der Waals surface area (Å²) in [6.07, 6.45) is 75.2. The first-order chi connectivity index (χ1) is 32.0. The zero-order valence-electron chi connectivity index (χ0n) is 40.9. The second-order valence-electron chi connectivity index (χ2n) is 15.6. The van der Waals surface area contributed by atoms with Crippen LogP contribution in [0.1, 0.15) is 175 Å². The molecular weight excluding hydrogens is 805 g/mol. The van der Waals surface area contributed by atoms with Crippen LogP contribution in [0.4, 0.5) is 0 Å². The number of hydrogen-bond donors (Lipinski definition) is 0. The van der Waals surface area contributed by atoms with Crippen molar-refractivity contribution in [1.82, 2.24) is 0 Å². The van der Waals surface area contributed by atoms with Gasteiger partial charge in [0.2, 0.25) is 0 Å². The van der Waals surface area contributed by atoms with Gasteiger partial charge in [-0.2, -0.15) is 0 Å². The van der Waals surface area contributed by atoms with Crippen molar-refractivity contribution in [2.24, 2.45) is 0 Å². The minimum atomic E-state index is -0.847. The smallest absolute Gasteiger partial charge is 0.306 e. The van der Waals surface area contributed by atoms with E-state index >= 15 is 0 Å². The number of rotatable bonds is 42. The van der Waals surface area contributed by atoms with Gasteiger partial charge >= 0.3 is 17.9 Å². The number of hydrogen-bond acceptors (Lipinski definition) is 6. The third-order valence-corrected chi connectivity index (χ3v) is 9.57. The molecule has 0 aromatic rings. The highest BCUT2D eigenvalue weighted by Gasteiger charge is 2.19. The number of ether oxygens (including phenoxy) is 3. The molecule has 1 unspecified atom stereocenters. The lowest BCUT2D eigenvalue weighted by Crippen LogP contribution is -2.30. The van der Waals surface area contributed by atoms with Crippen molar-refractivity contribution in [3.63, 3.8) is 0 Å². The van der Waals surface area contributed by atoms with Crippen molar-refractivity contribution in [3.8, 4) is 0 Å². The summed E-state index contributed by atoms with van der Waals surface area (Å²) in [4.78, 5) is 37.9. The lowest BCUT2D eigenvalue weighted by molar-refractivity contribution is -0.167. The molecule has 0 aromatic carbocycles. The van der Waals surface area contributed by atoms with Crippen LogP contribution in [0.5, 0.6) is 0 Å². The van der Waals surface area contributed by atoms with Gasteiger partial charge in [0, 0.05) is 19.3 Å². The molecular formula is C59H88O6. The lowest BCUT2D eigenvalue weighted by Gasteiger charge is -2.18. The highest BCUT2D eigenvalue weighted by Crippen LogP contribution is 2.11. The summed E-state index contributed by atoms with van der Waals surface area (Å²) in [7, 11) is 0. The molecule has 6 heteroatoms. The Morgan fingerprint density at radius 3 is 1.08 bits per heavy atom. The molecule has 0 radical (unpaired) electrons. The largest absolute Gasteiger partial charge is 0.462 e. The van der Waals surface area contributed by atoms with Crippen LogP contribution in [-0.4, -0.2) is 37.2 Å². The molecule has 0 amide bonds. The highest BCUT2D eigenvalue weighted by atomic mass is 16.6. The van der Waals surface area contributed by atoms with Crippen LogP contribution in [0.25, 0.3) is 0 Å². The van der Waals surface area contributed by atoms with Crippen LogP contribution in [0.2, 0.25) is 0 Å². The molecule has 0 spiro atoms. The summed E-state index contributed by atoms with van der Waals surface area (Å²) in [5.41, 5.74) is 0. The number of carbonyl (C=O) groups is 3. The van der Waals surface area contributed by atoms with Gasteiger partial charge < -0.3 is 14.2 Å². The zero-order chi connectivity index (χ0) is 47.2. The van der Waals surface area contributed by atoms with E-state index in [1.165, 1.54) is 0 Å². The average Bonchev–Trinajstić information content (AvgIpc) is 3.30. The van der Waals surface area contributed by atoms with Gasteiger partial charge in [0.05, 0.1) is 0 Å². The van der Waals surface area contributed by atoms with E-state index in [2.05, 4.69) is 173 Å². The van der Waals surface area contributed by atoms with Gasteiger partial charge in [-0.15, -0.1) is 0 Å². The number of allylic oxidation sites excluding steroid dienone is 26. The minimum Gasteiger partial charge on any atom is -0.462 e. The van der Waals surface area contributed by atoms with Gasteiger partial charge in [-0.05, 0) is 116 Å². The van der Waals surface area contributed by atoms with Gasteiger partial charge in [-0.1, -0.05) is 198 Å². The van der Waals surface area contributed by atoms with E-state index in [9.17, 15) is 14.4 Å². The van der Waals surface area contributed by atoms with E-state index in [1.807, 2.05) is 6.08 Å². The monoisotopic (exact) mass is 893 g/mol. The fourth-order valence-corrected chi connectivity index (χ4v) is 5.92. The molecule has 0 N–H and O–H groups in total. The number of unbranched alkanes of at least 4 members (excludes halogenated alkanes) is 7. The lowest BCUT2D eigenvalue weighted by atomic mass is 10.1.